The van der Waals surface area contributed by atoms with Gasteiger partial charge in [0.15, 0.2) is 0 Å². The Labute approximate surface area is 147 Å². The van der Waals surface area contributed by atoms with Crippen LogP contribution in [0.4, 0.5) is 4.79 Å². The Hall–Kier alpha value is -2.14. The van der Waals surface area contributed by atoms with Crippen LogP contribution in [0.3, 0.4) is 0 Å². The third-order valence-corrected chi connectivity index (χ3v) is 6.29. The largest absolute Gasteiger partial charge is 0.477 e. The van der Waals surface area contributed by atoms with E-state index in [4.69, 9.17) is 10.5 Å². The molecule has 0 aliphatic carbocycles. The van der Waals surface area contributed by atoms with Crippen LogP contribution in [0.25, 0.3) is 0 Å². The van der Waals surface area contributed by atoms with E-state index in [1.54, 1.807) is 0 Å². The van der Waals surface area contributed by atoms with Gasteiger partial charge in [-0.2, -0.15) is 11.8 Å². The van der Waals surface area contributed by atoms with Crippen molar-refractivity contribution in [2.45, 2.75) is 49.1 Å². The first-order chi connectivity index (χ1) is 11.8. The number of fused-ring (bicyclic) bond motifs is 1. The van der Waals surface area contributed by atoms with Gasteiger partial charge in [0.2, 0.25) is 11.8 Å². The van der Waals surface area contributed by atoms with Crippen LogP contribution in [0.1, 0.15) is 25.7 Å². The first-order valence-electron chi connectivity index (χ1n) is 7.88. The summed E-state index contributed by atoms with van der Waals surface area (Å²) in [7, 11) is 0. The number of likely N-dealkylation sites (tertiary alicyclic amines) is 1. The molecule has 3 aliphatic rings. The van der Waals surface area contributed by atoms with Gasteiger partial charge >= 0.3 is 12.0 Å². The van der Waals surface area contributed by atoms with Crippen LogP contribution >= 0.6 is 11.8 Å². The molecule has 3 heterocycles. The molecule has 0 bridgehead atoms. The number of thioether (sulfide) groups is 1. The predicted molar refractivity (Wildman–Crippen MR) is 85.5 cm³/mol. The third-order valence-electron chi connectivity index (χ3n) is 4.80. The van der Waals surface area contributed by atoms with E-state index in [1.807, 2.05) is 0 Å². The van der Waals surface area contributed by atoms with Gasteiger partial charge in [-0.1, -0.05) is 0 Å². The van der Waals surface area contributed by atoms with Crippen molar-refractivity contribution in [1.82, 2.24) is 15.3 Å². The quantitative estimate of drug-likeness (QED) is 0.216. The van der Waals surface area contributed by atoms with E-state index in [2.05, 4.69) is 5.32 Å². The molecule has 0 aromatic heterocycles. The zero-order valence-electron chi connectivity index (χ0n) is 13.2. The maximum Gasteiger partial charge on any atom is 0.351 e. The number of carbonyl (C=O) groups is 4. The fraction of sp³-hybridized carbons (Fsp3) is 0.643. The second-order valence-corrected chi connectivity index (χ2v) is 7.50. The monoisotopic (exact) mass is 370 g/mol. The van der Waals surface area contributed by atoms with Gasteiger partial charge in [0.25, 0.3) is 0 Å². The minimum atomic E-state index is -1.47. The number of carbonyl (C=O) groups excluding carboxylic acids is 3. The number of hydrogen-bond acceptors (Lipinski definition) is 7. The summed E-state index contributed by atoms with van der Waals surface area (Å²) in [5.74, 6) is -1.86. The van der Waals surface area contributed by atoms with Gasteiger partial charge in [-0.25, -0.2) is 14.7 Å². The van der Waals surface area contributed by atoms with E-state index in [0.717, 1.165) is 4.90 Å². The molecule has 4 amide bonds. The maximum atomic E-state index is 11.9. The topological polar surface area (TPSA) is 151 Å². The molecule has 11 heteroatoms. The molecule has 1 unspecified atom stereocenters. The summed E-state index contributed by atoms with van der Waals surface area (Å²) in [5, 5.41) is 29.8. The second-order valence-electron chi connectivity index (χ2n) is 6.23. The molecular weight excluding hydrogens is 352 g/mol. The number of carboxylic acids is 1. The van der Waals surface area contributed by atoms with Crippen molar-refractivity contribution >= 4 is 41.3 Å². The van der Waals surface area contributed by atoms with Gasteiger partial charge in [-0.15, -0.1) is 0 Å². The van der Waals surface area contributed by atoms with E-state index in [9.17, 15) is 24.4 Å². The normalized spacial score (nSPS) is 29.8. The molecule has 3 rings (SSSR count). The number of amides is 4. The van der Waals surface area contributed by atoms with Crippen molar-refractivity contribution in [1.29, 1.82) is 5.41 Å². The molecule has 0 aromatic carbocycles. The predicted octanol–water partition coefficient (Wildman–Crippen LogP) is -0.344. The van der Waals surface area contributed by atoms with Crippen LogP contribution in [0.2, 0.25) is 0 Å². The Morgan fingerprint density at radius 1 is 1.32 bits per heavy atom. The zero-order chi connectivity index (χ0) is 18.3. The summed E-state index contributed by atoms with van der Waals surface area (Å²) in [6, 6.07) is -2.32. The molecule has 25 heavy (non-hydrogen) atoms. The van der Waals surface area contributed by atoms with Crippen LogP contribution in [0.15, 0.2) is 0 Å². The van der Waals surface area contributed by atoms with E-state index >= 15 is 0 Å². The number of rotatable bonds is 6. The van der Waals surface area contributed by atoms with Crippen molar-refractivity contribution in [3.63, 3.8) is 0 Å². The fourth-order valence-corrected chi connectivity index (χ4v) is 5.07. The Morgan fingerprint density at radius 3 is 2.56 bits per heavy atom. The lowest BCUT2D eigenvalue weighted by molar-refractivity contribution is -0.139. The molecule has 4 atom stereocenters. The van der Waals surface area contributed by atoms with Crippen molar-refractivity contribution in [3.05, 3.63) is 0 Å². The van der Waals surface area contributed by atoms with E-state index in [1.165, 1.54) is 11.8 Å². The Morgan fingerprint density at radius 2 is 1.96 bits per heavy atom. The number of nitrogens with one attached hydrogen (secondary N) is 2. The molecule has 10 nitrogen and oxygen atoms in total. The summed E-state index contributed by atoms with van der Waals surface area (Å²) >= 11 is 1.52. The van der Waals surface area contributed by atoms with Gasteiger partial charge in [-0.3, -0.25) is 25.1 Å². The molecule has 3 saturated heterocycles. The lowest BCUT2D eigenvalue weighted by Gasteiger charge is -2.27. The van der Waals surface area contributed by atoms with Crippen LogP contribution in [-0.2, 0) is 14.4 Å². The van der Waals surface area contributed by atoms with Gasteiger partial charge in [0.05, 0.1) is 18.1 Å². The van der Waals surface area contributed by atoms with Crippen molar-refractivity contribution in [2.24, 2.45) is 0 Å². The Balaban J connectivity index is 1.70. The highest BCUT2D eigenvalue weighted by atomic mass is 32.2. The summed E-state index contributed by atoms with van der Waals surface area (Å²) in [5.41, 5.74) is -0.692. The van der Waals surface area contributed by atoms with E-state index in [-0.39, 0.29) is 36.6 Å². The van der Waals surface area contributed by atoms with Gasteiger partial charge in [0.1, 0.15) is 5.71 Å². The lowest BCUT2D eigenvalue weighted by Crippen LogP contribution is -2.47. The standard InChI is InChI=1S/C14H18N4O6S/c15-11(13(21)22)6(17-9(19)3-4-10(17)20)1-2-8-12-7(5-25-8)18(24)14(23)16-12/h6-8,12,15,24H,1-5H2,(H,16,23)(H,21,22)/t6?,7-,8-,12-/m0/s1. The highest BCUT2D eigenvalue weighted by Gasteiger charge is 2.48. The number of imide groups is 1. The van der Waals surface area contributed by atoms with Gasteiger partial charge < -0.3 is 10.4 Å². The number of carboxylic acid groups (broad SMARTS) is 1. The highest BCUT2D eigenvalue weighted by molar-refractivity contribution is 8.00. The number of aliphatic carboxylic acids is 1. The zero-order valence-corrected chi connectivity index (χ0v) is 14.0. The smallest absolute Gasteiger partial charge is 0.351 e. The van der Waals surface area contributed by atoms with Crippen LogP contribution in [0.5, 0.6) is 0 Å². The number of hydrogen-bond donors (Lipinski definition) is 4. The number of hydroxylamine groups is 2. The SMILES string of the molecule is N=C(C(=O)O)C(CC[C@@H]1SC[C@H]2[C@@H]1NC(=O)N2O)N1C(=O)CCC1=O. The molecular formula is C14H18N4O6S. The first kappa shape index (κ1) is 17.7. The average molecular weight is 370 g/mol. The van der Waals surface area contributed by atoms with Crippen molar-refractivity contribution in [2.75, 3.05) is 5.75 Å². The number of urea groups is 1. The molecule has 0 radical (unpaired) electrons. The van der Waals surface area contributed by atoms with Crippen molar-refractivity contribution < 1.29 is 29.5 Å². The van der Waals surface area contributed by atoms with Crippen LogP contribution in [-0.4, -0.2) is 78.9 Å². The lowest BCUT2D eigenvalue weighted by atomic mass is 9.98. The molecule has 136 valence electrons. The molecule has 0 saturated carbocycles. The summed E-state index contributed by atoms with van der Waals surface area (Å²) in [6.07, 6.45) is 0.587. The molecule has 4 N–H and O–H groups in total. The van der Waals surface area contributed by atoms with Gasteiger partial charge in [-0.05, 0) is 12.8 Å². The third kappa shape index (κ3) is 3.09. The van der Waals surface area contributed by atoms with Gasteiger partial charge in [0, 0.05) is 23.8 Å². The molecule has 3 fully saturated rings. The van der Waals surface area contributed by atoms with E-state index < -0.39 is 35.6 Å². The minimum Gasteiger partial charge on any atom is -0.477 e. The molecule has 0 spiro atoms. The summed E-state index contributed by atoms with van der Waals surface area (Å²) < 4.78 is 0. The van der Waals surface area contributed by atoms with Crippen molar-refractivity contribution in [3.8, 4) is 0 Å². The average Bonchev–Trinajstić information content (AvgIpc) is 3.19. The first-order valence-corrected chi connectivity index (χ1v) is 8.93. The molecule has 0 aromatic rings. The number of nitrogens with zero attached hydrogens (tertiary/aromatic N) is 2. The van der Waals surface area contributed by atoms with Crippen LogP contribution in [0, 0.1) is 5.41 Å². The summed E-state index contributed by atoms with van der Waals surface area (Å²) in [6.45, 7) is 0. The maximum absolute atomic E-state index is 11.9. The second kappa shape index (κ2) is 6.64. The highest BCUT2D eigenvalue weighted by Crippen LogP contribution is 2.36. The Kier molecular flexibility index (Phi) is 4.69. The minimum absolute atomic E-state index is 0.0284. The van der Waals surface area contributed by atoms with E-state index in [0.29, 0.717) is 17.2 Å². The fourth-order valence-electron chi connectivity index (χ4n) is 3.52. The van der Waals surface area contributed by atoms with Crippen LogP contribution < -0.4 is 5.32 Å². The summed E-state index contributed by atoms with van der Waals surface area (Å²) in [4.78, 5) is 47.5. The molecule has 3 aliphatic heterocycles. The Bertz CT molecular complexity index is 639.